The third-order valence-corrected chi connectivity index (χ3v) is 3.33. The van der Waals surface area contributed by atoms with Gasteiger partial charge in [0.25, 0.3) is 0 Å². The van der Waals surface area contributed by atoms with E-state index in [1.54, 1.807) is 4.68 Å². The van der Waals surface area contributed by atoms with Crippen LogP contribution in [0.4, 0.5) is 0 Å². The van der Waals surface area contributed by atoms with E-state index in [1.807, 2.05) is 31.0 Å². The fourth-order valence-electron chi connectivity index (χ4n) is 1.87. The van der Waals surface area contributed by atoms with Gasteiger partial charge in [0.2, 0.25) is 0 Å². The van der Waals surface area contributed by atoms with E-state index < -0.39 is 0 Å². The van der Waals surface area contributed by atoms with Crippen LogP contribution in [-0.4, -0.2) is 26.1 Å². The molecule has 0 amide bonds. The van der Waals surface area contributed by atoms with Crippen molar-refractivity contribution in [2.24, 2.45) is 7.05 Å². The summed E-state index contributed by atoms with van der Waals surface area (Å²) in [6.45, 7) is 6.51. The Kier molecular flexibility index (Phi) is 4.04. The first-order valence-corrected chi connectivity index (χ1v) is 6.39. The maximum atomic E-state index is 6.20. The summed E-state index contributed by atoms with van der Waals surface area (Å²) in [5, 5.41) is 12.6. The molecule has 0 aromatic carbocycles. The minimum atomic E-state index is 0.657. The van der Waals surface area contributed by atoms with Crippen LogP contribution in [0.2, 0.25) is 5.15 Å². The molecule has 0 radical (unpaired) electrons. The summed E-state index contributed by atoms with van der Waals surface area (Å²) >= 11 is 6.20. The van der Waals surface area contributed by atoms with Gasteiger partial charge in [-0.1, -0.05) is 18.5 Å². The van der Waals surface area contributed by atoms with Gasteiger partial charge in [-0.25, -0.2) is 0 Å². The van der Waals surface area contributed by atoms with Crippen LogP contribution in [0, 0.1) is 6.92 Å². The largest absolute Gasteiger partial charge is 0.313 e. The van der Waals surface area contributed by atoms with Gasteiger partial charge in [0, 0.05) is 30.9 Å². The lowest BCUT2D eigenvalue weighted by Gasteiger charge is -2.01. The van der Waals surface area contributed by atoms with Crippen molar-refractivity contribution in [1.82, 2.24) is 24.9 Å². The van der Waals surface area contributed by atoms with Crippen molar-refractivity contribution in [3.05, 3.63) is 34.4 Å². The van der Waals surface area contributed by atoms with Gasteiger partial charge < -0.3 is 5.32 Å². The van der Waals surface area contributed by atoms with Crippen molar-refractivity contribution in [3.63, 3.8) is 0 Å². The van der Waals surface area contributed by atoms with Gasteiger partial charge in [-0.15, -0.1) is 0 Å². The average Bonchev–Trinajstić information content (AvgIpc) is 2.88. The maximum absolute atomic E-state index is 6.20. The van der Waals surface area contributed by atoms with Crippen LogP contribution in [-0.2, 0) is 20.1 Å². The molecule has 0 saturated carbocycles. The van der Waals surface area contributed by atoms with Gasteiger partial charge in [-0.2, -0.15) is 10.2 Å². The van der Waals surface area contributed by atoms with E-state index in [1.165, 1.54) is 5.56 Å². The molecule has 0 aliphatic heterocycles. The van der Waals surface area contributed by atoms with E-state index in [4.69, 9.17) is 11.6 Å². The molecule has 2 aromatic heterocycles. The van der Waals surface area contributed by atoms with E-state index in [0.717, 1.165) is 24.3 Å². The minimum absolute atomic E-state index is 0.657. The Morgan fingerprint density at radius 1 is 1.44 bits per heavy atom. The molecule has 98 valence electrons. The van der Waals surface area contributed by atoms with Crippen LogP contribution in [0.5, 0.6) is 0 Å². The van der Waals surface area contributed by atoms with Gasteiger partial charge in [-0.05, 0) is 13.5 Å². The fourth-order valence-corrected chi connectivity index (χ4v) is 2.10. The average molecular weight is 268 g/mol. The summed E-state index contributed by atoms with van der Waals surface area (Å²) in [6, 6.07) is 0. The van der Waals surface area contributed by atoms with Crippen LogP contribution in [0.1, 0.15) is 23.7 Å². The highest BCUT2D eigenvalue weighted by atomic mass is 35.5. The van der Waals surface area contributed by atoms with Gasteiger partial charge in [0.1, 0.15) is 5.15 Å². The number of hydrogen-bond acceptors (Lipinski definition) is 3. The lowest BCUT2D eigenvalue weighted by molar-refractivity contribution is 0.680. The smallest absolute Gasteiger partial charge is 0.132 e. The molecular formula is C12H18ClN5. The van der Waals surface area contributed by atoms with Crippen LogP contribution in [0.15, 0.2) is 12.4 Å². The minimum Gasteiger partial charge on any atom is -0.313 e. The molecule has 5 nitrogen and oxygen atoms in total. The van der Waals surface area contributed by atoms with Crippen molar-refractivity contribution < 1.29 is 0 Å². The molecule has 6 heteroatoms. The number of rotatable bonds is 5. The summed E-state index contributed by atoms with van der Waals surface area (Å²) in [5.74, 6) is 0. The Hall–Kier alpha value is -1.33. The molecule has 1 N–H and O–H groups in total. The Labute approximate surface area is 112 Å². The van der Waals surface area contributed by atoms with Crippen molar-refractivity contribution in [3.8, 4) is 0 Å². The van der Waals surface area contributed by atoms with Crippen LogP contribution >= 0.6 is 11.6 Å². The molecule has 0 aliphatic rings. The SMILES string of the molecule is CCNCc1cnn(Cc2c(C)nn(C)c2Cl)c1. The summed E-state index contributed by atoms with van der Waals surface area (Å²) in [4.78, 5) is 0. The van der Waals surface area contributed by atoms with Gasteiger partial charge in [-0.3, -0.25) is 9.36 Å². The molecule has 18 heavy (non-hydrogen) atoms. The topological polar surface area (TPSA) is 47.7 Å². The molecule has 2 heterocycles. The quantitative estimate of drug-likeness (QED) is 0.898. The Balaban J connectivity index is 2.11. The first kappa shape index (κ1) is 13.1. The van der Waals surface area contributed by atoms with E-state index >= 15 is 0 Å². The van der Waals surface area contributed by atoms with Gasteiger partial charge in [0.15, 0.2) is 0 Å². The highest BCUT2D eigenvalue weighted by molar-refractivity contribution is 6.30. The third kappa shape index (κ3) is 2.73. The fraction of sp³-hybridized carbons (Fsp3) is 0.500. The summed E-state index contributed by atoms with van der Waals surface area (Å²) in [7, 11) is 1.85. The molecule has 0 unspecified atom stereocenters. The second-order valence-corrected chi connectivity index (χ2v) is 4.66. The normalized spacial score (nSPS) is 11.1. The predicted molar refractivity (Wildman–Crippen MR) is 71.7 cm³/mol. The van der Waals surface area contributed by atoms with Crippen molar-refractivity contribution in [2.45, 2.75) is 26.9 Å². The van der Waals surface area contributed by atoms with E-state index in [2.05, 4.69) is 22.4 Å². The summed E-state index contributed by atoms with van der Waals surface area (Å²) < 4.78 is 3.58. The number of aryl methyl sites for hydroxylation is 2. The number of nitrogens with one attached hydrogen (secondary N) is 1. The standard InChI is InChI=1S/C12H18ClN5/c1-4-14-5-10-6-15-18(7-10)8-11-9(2)16-17(3)12(11)13/h6-7,14H,4-5,8H2,1-3H3. The monoisotopic (exact) mass is 267 g/mol. The molecule has 0 spiro atoms. The zero-order valence-electron chi connectivity index (χ0n) is 10.9. The summed E-state index contributed by atoms with van der Waals surface area (Å²) in [5.41, 5.74) is 3.15. The van der Waals surface area contributed by atoms with Crippen molar-refractivity contribution >= 4 is 11.6 Å². The lowest BCUT2D eigenvalue weighted by Crippen LogP contribution is -2.11. The molecular weight excluding hydrogens is 250 g/mol. The summed E-state index contributed by atoms with van der Waals surface area (Å²) in [6.07, 6.45) is 3.91. The zero-order chi connectivity index (χ0) is 13.1. The first-order valence-electron chi connectivity index (χ1n) is 6.01. The molecule has 0 fully saturated rings. The lowest BCUT2D eigenvalue weighted by atomic mass is 10.2. The molecule has 2 aromatic rings. The number of halogens is 1. The van der Waals surface area contributed by atoms with Crippen LogP contribution in [0.3, 0.4) is 0 Å². The maximum Gasteiger partial charge on any atom is 0.132 e. The Morgan fingerprint density at radius 3 is 2.83 bits per heavy atom. The van der Waals surface area contributed by atoms with E-state index in [9.17, 15) is 0 Å². The zero-order valence-corrected chi connectivity index (χ0v) is 11.7. The third-order valence-electron chi connectivity index (χ3n) is 2.86. The second-order valence-electron chi connectivity index (χ2n) is 4.30. The number of aromatic nitrogens is 4. The van der Waals surface area contributed by atoms with Gasteiger partial charge in [0.05, 0.1) is 18.4 Å². The van der Waals surface area contributed by atoms with E-state index in [0.29, 0.717) is 11.7 Å². The molecule has 0 bridgehead atoms. The predicted octanol–water partition coefficient (Wildman–Crippen LogP) is 1.74. The highest BCUT2D eigenvalue weighted by Crippen LogP contribution is 2.19. The first-order chi connectivity index (χ1) is 8.61. The van der Waals surface area contributed by atoms with Crippen LogP contribution < -0.4 is 5.32 Å². The highest BCUT2D eigenvalue weighted by Gasteiger charge is 2.12. The van der Waals surface area contributed by atoms with Gasteiger partial charge >= 0.3 is 0 Å². The van der Waals surface area contributed by atoms with E-state index in [-0.39, 0.29) is 0 Å². The Bertz CT molecular complexity index is 529. The molecule has 2 rings (SSSR count). The second kappa shape index (κ2) is 5.54. The number of nitrogens with zero attached hydrogens (tertiary/aromatic N) is 4. The molecule has 0 aliphatic carbocycles. The van der Waals surface area contributed by atoms with Crippen molar-refractivity contribution in [1.29, 1.82) is 0 Å². The Morgan fingerprint density at radius 2 is 2.22 bits per heavy atom. The molecule has 0 atom stereocenters. The number of hydrogen-bond donors (Lipinski definition) is 1. The van der Waals surface area contributed by atoms with Crippen LogP contribution in [0.25, 0.3) is 0 Å². The van der Waals surface area contributed by atoms with Crippen molar-refractivity contribution in [2.75, 3.05) is 6.54 Å². The molecule has 0 saturated heterocycles.